The molecule has 136 valence electrons. The smallest absolute Gasteiger partial charge is 0.306 e. The summed E-state index contributed by atoms with van der Waals surface area (Å²) in [4.78, 5) is 36.8. The highest BCUT2D eigenvalue weighted by Crippen LogP contribution is 2.20. The summed E-state index contributed by atoms with van der Waals surface area (Å²) >= 11 is 0. The van der Waals surface area contributed by atoms with Crippen LogP contribution in [0.3, 0.4) is 0 Å². The van der Waals surface area contributed by atoms with E-state index in [-0.39, 0.29) is 24.2 Å². The molecule has 0 aliphatic carbocycles. The molecule has 7 heteroatoms. The van der Waals surface area contributed by atoms with Gasteiger partial charge in [-0.05, 0) is 44.0 Å². The first-order chi connectivity index (χ1) is 12.0. The van der Waals surface area contributed by atoms with E-state index in [0.29, 0.717) is 50.4 Å². The van der Waals surface area contributed by atoms with E-state index in [2.05, 4.69) is 5.32 Å². The molecule has 0 radical (unpaired) electrons. The van der Waals surface area contributed by atoms with E-state index in [1.807, 2.05) is 6.92 Å². The van der Waals surface area contributed by atoms with Crippen molar-refractivity contribution >= 4 is 23.5 Å². The van der Waals surface area contributed by atoms with Gasteiger partial charge in [-0.1, -0.05) is 0 Å². The molecule has 7 nitrogen and oxygen atoms in total. The van der Waals surface area contributed by atoms with Crippen molar-refractivity contribution in [2.75, 3.05) is 31.6 Å². The summed E-state index contributed by atoms with van der Waals surface area (Å²) in [6, 6.07) is 6.72. The van der Waals surface area contributed by atoms with Crippen molar-refractivity contribution in [3.05, 3.63) is 29.8 Å². The van der Waals surface area contributed by atoms with Crippen LogP contribution in [0.5, 0.6) is 0 Å². The van der Waals surface area contributed by atoms with Gasteiger partial charge >= 0.3 is 5.97 Å². The molecule has 0 spiro atoms. The average molecular weight is 348 g/mol. The zero-order chi connectivity index (χ0) is 18.2. The van der Waals surface area contributed by atoms with Crippen LogP contribution in [0.2, 0.25) is 0 Å². The predicted octanol–water partition coefficient (Wildman–Crippen LogP) is 1.99. The van der Waals surface area contributed by atoms with Gasteiger partial charge in [-0.25, -0.2) is 0 Å². The molecule has 1 aliphatic rings. The summed E-state index contributed by atoms with van der Waals surface area (Å²) in [5.74, 6) is -1.41. The third-order valence-electron chi connectivity index (χ3n) is 4.22. The van der Waals surface area contributed by atoms with Crippen molar-refractivity contribution in [2.24, 2.45) is 5.92 Å². The first kappa shape index (κ1) is 18.9. The maximum Gasteiger partial charge on any atom is 0.306 e. The molecule has 0 aromatic heterocycles. The molecule has 1 fully saturated rings. The number of carbonyl (C=O) groups is 3. The van der Waals surface area contributed by atoms with E-state index < -0.39 is 5.97 Å². The van der Waals surface area contributed by atoms with Gasteiger partial charge < -0.3 is 20.1 Å². The minimum atomic E-state index is -0.795. The van der Waals surface area contributed by atoms with Crippen LogP contribution in [0.15, 0.2) is 24.3 Å². The van der Waals surface area contributed by atoms with Crippen LogP contribution in [-0.4, -0.2) is 54.1 Å². The quantitative estimate of drug-likeness (QED) is 0.735. The largest absolute Gasteiger partial charge is 0.481 e. The van der Waals surface area contributed by atoms with Gasteiger partial charge in [-0.15, -0.1) is 0 Å². The van der Waals surface area contributed by atoms with Crippen LogP contribution in [0.25, 0.3) is 0 Å². The lowest BCUT2D eigenvalue weighted by Gasteiger charge is -2.30. The van der Waals surface area contributed by atoms with E-state index in [1.54, 1.807) is 29.2 Å². The van der Waals surface area contributed by atoms with Gasteiger partial charge in [0.25, 0.3) is 5.91 Å². The van der Waals surface area contributed by atoms with Crippen LogP contribution in [0.4, 0.5) is 5.69 Å². The summed E-state index contributed by atoms with van der Waals surface area (Å²) in [7, 11) is 0. The van der Waals surface area contributed by atoms with Crippen molar-refractivity contribution < 1.29 is 24.2 Å². The second kappa shape index (κ2) is 9.17. The van der Waals surface area contributed by atoms with Crippen molar-refractivity contribution in [1.82, 2.24) is 4.90 Å². The van der Waals surface area contributed by atoms with Gasteiger partial charge in [0.1, 0.15) is 0 Å². The molecule has 25 heavy (non-hydrogen) atoms. The third kappa shape index (κ3) is 5.56. The number of anilines is 1. The first-order valence-corrected chi connectivity index (χ1v) is 8.51. The molecule has 2 amide bonds. The molecule has 2 N–H and O–H groups in total. The lowest BCUT2D eigenvalue weighted by atomic mass is 9.96. The number of aliphatic carboxylic acids is 1. The number of hydrogen-bond donors (Lipinski definition) is 2. The summed E-state index contributed by atoms with van der Waals surface area (Å²) in [5, 5.41) is 11.8. The van der Waals surface area contributed by atoms with E-state index in [1.165, 1.54) is 0 Å². The second-order valence-electron chi connectivity index (χ2n) is 5.98. The summed E-state index contributed by atoms with van der Waals surface area (Å²) in [5.41, 5.74) is 1.16. The van der Waals surface area contributed by atoms with Gasteiger partial charge in [0.2, 0.25) is 5.91 Å². The molecule has 1 aromatic carbocycles. The number of ether oxygens (including phenoxy) is 1. The Morgan fingerprint density at radius 2 is 1.84 bits per heavy atom. The number of rotatable bonds is 7. The molecule has 2 rings (SSSR count). The molecule has 0 bridgehead atoms. The Labute approximate surface area is 147 Å². The Hall–Kier alpha value is -2.41. The zero-order valence-corrected chi connectivity index (χ0v) is 14.4. The highest BCUT2D eigenvalue weighted by molar-refractivity contribution is 5.96. The van der Waals surface area contributed by atoms with Crippen LogP contribution in [0, 0.1) is 5.92 Å². The molecule has 0 atom stereocenters. The highest BCUT2D eigenvalue weighted by Gasteiger charge is 2.27. The fraction of sp³-hybridized carbons (Fsp3) is 0.500. The maximum absolute atomic E-state index is 12.5. The minimum absolute atomic E-state index is 0.113. The van der Waals surface area contributed by atoms with E-state index in [9.17, 15) is 14.4 Å². The van der Waals surface area contributed by atoms with Crippen LogP contribution in [0.1, 0.15) is 36.5 Å². The fourth-order valence-electron chi connectivity index (χ4n) is 2.74. The van der Waals surface area contributed by atoms with Crippen LogP contribution >= 0.6 is 0 Å². The Morgan fingerprint density at radius 1 is 1.20 bits per heavy atom. The molecule has 0 saturated carbocycles. The van der Waals surface area contributed by atoms with Crippen molar-refractivity contribution in [1.29, 1.82) is 0 Å². The number of piperidine rings is 1. The topological polar surface area (TPSA) is 95.9 Å². The fourth-order valence-corrected chi connectivity index (χ4v) is 2.74. The molecular weight excluding hydrogens is 324 g/mol. The second-order valence-corrected chi connectivity index (χ2v) is 5.98. The number of carboxylic acids is 1. The summed E-state index contributed by atoms with van der Waals surface area (Å²) in [6.07, 6.45) is 1.25. The van der Waals surface area contributed by atoms with E-state index >= 15 is 0 Å². The number of benzene rings is 1. The van der Waals surface area contributed by atoms with Gasteiger partial charge in [-0.3, -0.25) is 14.4 Å². The van der Waals surface area contributed by atoms with Crippen molar-refractivity contribution in [3.8, 4) is 0 Å². The Bertz CT molecular complexity index is 606. The number of amides is 2. The number of hydrogen-bond acceptors (Lipinski definition) is 4. The third-order valence-corrected chi connectivity index (χ3v) is 4.22. The molecule has 1 aromatic rings. The average Bonchev–Trinajstić information content (AvgIpc) is 2.62. The van der Waals surface area contributed by atoms with Gasteiger partial charge in [0.15, 0.2) is 0 Å². The molecule has 1 saturated heterocycles. The number of nitrogens with one attached hydrogen (secondary N) is 1. The maximum atomic E-state index is 12.5. The minimum Gasteiger partial charge on any atom is -0.481 e. The molecule has 1 heterocycles. The number of nitrogens with zero attached hydrogens (tertiary/aromatic N) is 1. The highest BCUT2D eigenvalue weighted by atomic mass is 16.5. The van der Waals surface area contributed by atoms with Gasteiger partial charge in [-0.2, -0.15) is 0 Å². The summed E-state index contributed by atoms with van der Waals surface area (Å²) in [6.45, 7) is 3.73. The molecule has 1 aliphatic heterocycles. The standard InChI is InChI=1S/C18H24N2O5/c1-2-25-12-9-16(21)19-15-5-3-13(4-6-15)17(22)20-10-7-14(8-11-20)18(23)24/h3-6,14H,2,7-12H2,1H3,(H,19,21)(H,23,24). The SMILES string of the molecule is CCOCCC(=O)Nc1ccc(C(=O)N2CCC(C(=O)O)CC2)cc1. The lowest BCUT2D eigenvalue weighted by molar-refractivity contribution is -0.143. The zero-order valence-electron chi connectivity index (χ0n) is 14.4. The molecular formula is C18H24N2O5. The van der Waals surface area contributed by atoms with E-state index in [0.717, 1.165) is 0 Å². The van der Waals surface area contributed by atoms with E-state index in [4.69, 9.17) is 9.84 Å². The van der Waals surface area contributed by atoms with Gasteiger partial charge in [0, 0.05) is 30.9 Å². The normalized spacial score (nSPS) is 15.0. The Kier molecular flexibility index (Phi) is 6.94. The Morgan fingerprint density at radius 3 is 2.40 bits per heavy atom. The van der Waals surface area contributed by atoms with Crippen molar-refractivity contribution in [3.63, 3.8) is 0 Å². The lowest BCUT2D eigenvalue weighted by Crippen LogP contribution is -2.40. The summed E-state index contributed by atoms with van der Waals surface area (Å²) < 4.78 is 5.13. The number of carbonyl (C=O) groups excluding carboxylic acids is 2. The van der Waals surface area contributed by atoms with Gasteiger partial charge in [0.05, 0.1) is 18.9 Å². The predicted molar refractivity (Wildman–Crippen MR) is 92.4 cm³/mol. The Balaban J connectivity index is 1.86. The number of carboxylic acid groups (broad SMARTS) is 1. The number of likely N-dealkylation sites (tertiary alicyclic amines) is 1. The van der Waals surface area contributed by atoms with Crippen LogP contribution < -0.4 is 5.32 Å². The van der Waals surface area contributed by atoms with Crippen molar-refractivity contribution in [2.45, 2.75) is 26.2 Å². The first-order valence-electron chi connectivity index (χ1n) is 8.51. The monoisotopic (exact) mass is 348 g/mol. The van der Waals surface area contributed by atoms with Crippen LogP contribution in [-0.2, 0) is 14.3 Å². The molecule has 0 unspecified atom stereocenters.